The third-order valence-corrected chi connectivity index (χ3v) is 5.73. The van der Waals surface area contributed by atoms with Gasteiger partial charge in [0.15, 0.2) is 11.6 Å². The predicted molar refractivity (Wildman–Crippen MR) is 105 cm³/mol. The Labute approximate surface area is 163 Å². The Morgan fingerprint density at radius 3 is 2.39 bits per heavy atom. The molecular formula is C23H22N2O3. The van der Waals surface area contributed by atoms with Crippen molar-refractivity contribution in [3.63, 3.8) is 0 Å². The van der Waals surface area contributed by atoms with Gasteiger partial charge in [-0.25, -0.2) is 0 Å². The number of carbonyl (C=O) groups excluding carboxylic acids is 3. The van der Waals surface area contributed by atoms with E-state index >= 15 is 0 Å². The van der Waals surface area contributed by atoms with Gasteiger partial charge in [-0.15, -0.1) is 0 Å². The van der Waals surface area contributed by atoms with Gasteiger partial charge in [-0.3, -0.25) is 19.4 Å². The maximum Gasteiger partial charge on any atom is 0.252 e. The Balaban J connectivity index is 1.48. The summed E-state index contributed by atoms with van der Waals surface area (Å²) in [6.07, 6.45) is 2.97. The number of carbonyl (C=O) groups is 3. The number of rotatable bonds is 5. The second kappa shape index (κ2) is 7.15. The van der Waals surface area contributed by atoms with Gasteiger partial charge in [-0.1, -0.05) is 31.2 Å². The van der Waals surface area contributed by atoms with E-state index in [2.05, 4.69) is 17.2 Å². The molecule has 2 unspecified atom stereocenters. The number of benzene rings is 1. The molecule has 2 atom stereocenters. The predicted octanol–water partition coefficient (Wildman–Crippen LogP) is 3.41. The minimum absolute atomic E-state index is 0.115. The first-order chi connectivity index (χ1) is 13.5. The van der Waals surface area contributed by atoms with E-state index in [4.69, 9.17) is 0 Å². The maximum atomic E-state index is 12.8. The van der Waals surface area contributed by atoms with Gasteiger partial charge in [-0.05, 0) is 37.3 Å². The number of pyridine rings is 1. The van der Waals surface area contributed by atoms with Crippen LogP contribution in [0.5, 0.6) is 0 Å². The van der Waals surface area contributed by atoms with E-state index in [1.165, 1.54) is 12.6 Å². The summed E-state index contributed by atoms with van der Waals surface area (Å²) in [6, 6.07) is 10.3. The van der Waals surface area contributed by atoms with Crippen molar-refractivity contribution in [3.05, 3.63) is 76.1 Å². The average Bonchev–Trinajstić information content (AvgIpc) is 3.43. The molecule has 0 radical (unpaired) electrons. The van der Waals surface area contributed by atoms with Crippen molar-refractivity contribution in [1.82, 2.24) is 10.3 Å². The van der Waals surface area contributed by atoms with Gasteiger partial charge >= 0.3 is 0 Å². The van der Waals surface area contributed by atoms with E-state index < -0.39 is 0 Å². The third kappa shape index (κ3) is 3.40. The monoisotopic (exact) mass is 374 g/mol. The molecule has 0 spiro atoms. The van der Waals surface area contributed by atoms with Crippen molar-refractivity contribution in [2.24, 2.45) is 11.8 Å². The van der Waals surface area contributed by atoms with Crippen molar-refractivity contribution < 1.29 is 14.4 Å². The van der Waals surface area contributed by atoms with Crippen molar-refractivity contribution in [2.75, 3.05) is 6.54 Å². The summed E-state index contributed by atoms with van der Waals surface area (Å²) in [4.78, 5) is 42.0. The fourth-order valence-corrected chi connectivity index (χ4v) is 3.62. The van der Waals surface area contributed by atoms with Crippen molar-refractivity contribution in [2.45, 2.75) is 26.7 Å². The molecular weight excluding hydrogens is 352 g/mol. The Morgan fingerprint density at radius 1 is 1.11 bits per heavy atom. The number of aromatic nitrogens is 1. The lowest BCUT2D eigenvalue weighted by molar-refractivity contribution is 0.0950. The second-order valence-electron chi connectivity index (χ2n) is 7.71. The molecule has 1 fully saturated rings. The van der Waals surface area contributed by atoms with Gasteiger partial charge < -0.3 is 5.32 Å². The number of amides is 1. The standard InChI is InChI=1S/C23H22N2O3/c1-13-9-16(13)12-25-23(28)15-7-8-17(24-11-15)10-20-14(2)21(26)18-5-3-4-6-19(18)22(20)27/h3-8,11,13,16H,9-10,12H2,1-2H3,(H,25,28). The van der Waals surface area contributed by atoms with Crippen LogP contribution in [0.15, 0.2) is 53.7 Å². The number of nitrogens with zero attached hydrogens (tertiary/aromatic N) is 1. The smallest absolute Gasteiger partial charge is 0.252 e. The number of allylic oxidation sites excluding steroid dienone is 2. The van der Waals surface area contributed by atoms with Gasteiger partial charge in [0, 0.05) is 47.1 Å². The second-order valence-corrected chi connectivity index (χ2v) is 7.71. The van der Waals surface area contributed by atoms with E-state index in [1.807, 2.05) is 0 Å². The SMILES string of the molecule is CC1=C(Cc2ccc(C(=O)NCC3CC3C)cn2)C(=O)c2ccccc2C1=O. The lowest BCUT2D eigenvalue weighted by atomic mass is 9.83. The molecule has 5 heteroatoms. The van der Waals surface area contributed by atoms with Crippen molar-refractivity contribution in [1.29, 1.82) is 0 Å². The van der Waals surface area contributed by atoms with E-state index in [0.717, 1.165) is 0 Å². The summed E-state index contributed by atoms with van der Waals surface area (Å²) in [7, 11) is 0. The van der Waals surface area contributed by atoms with Crippen LogP contribution in [0.4, 0.5) is 0 Å². The molecule has 1 N–H and O–H groups in total. The molecule has 1 saturated carbocycles. The quantitative estimate of drug-likeness (QED) is 0.870. The van der Waals surface area contributed by atoms with Crippen LogP contribution in [0.2, 0.25) is 0 Å². The van der Waals surface area contributed by atoms with E-state index in [1.54, 1.807) is 43.3 Å². The third-order valence-electron chi connectivity index (χ3n) is 5.73. The highest BCUT2D eigenvalue weighted by Crippen LogP contribution is 2.36. The fraction of sp³-hybridized carbons (Fsp3) is 0.304. The molecule has 1 amide bonds. The summed E-state index contributed by atoms with van der Waals surface area (Å²) >= 11 is 0. The zero-order chi connectivity index (χ0) is 19.8. The van der Waals surface area contributed by atoms with Gasteiger partial charge in [0.05, 0.1) is 5.56 Å². The molecule has 28 heavy (non-hydrogen) atoms. The van der Waals surface area contributed by atoms with E-state index in [0.29, 0.717) is 51.9 Å². The summed E-state index contributed by atoms with van der Waals surface area (Å²) in [5, 5.41) is 2.94. The van der Waals surface area contributed by atoms with Gasteiger partial charge in [0.2, 0.25) is 0 Å². The highest BCUT2D eigenvalue weighted by Gasteiger charge is 2.32. The number of nitrogens with one attached hydrogen (secondary N) is 1. The van der Waals surface area contributed by atoms with Crippen LogP contribution < -0.4 is 5.32 Å². The lowest BCUT2D eigenvalue weighted by Crippen LogP contribution is -2.26. The fourth-order valence-electron chi connectivity index (χ4n) is 3.62. The highest BCUT2D eigenvalue weighted by atomic mass is 16.2. The molecule has 2 aliphatic carbocycles. The first-order valence-corrected chi connectivity index (χ1v) is 9.57. The topological polar surface area (TPSA) is 76.1 Å². The maximum absolute atomic E-state index is 12.8. The van der Waals surface area contributed by atoms with Crippen LogP contribution in [0.3, 0.4) is 0 Å². The molecule has 2 aromatic rings. The summed E-state index contributed by atoms with van der Waals surface area (Å²) in [5.74, 6) is 0.902. The van der Waals surface area contributed by atoms with Crippen LogP contribution in [0, 0.1) is 11.8 Å². The summed E-state index contributed by atoms with van der Waals surface area (Å²) in [5.41, 5.74) is 2.99. The minimum Gasteiger partial charge on any atom is -0.352 e. The van der Waals surface area contributed by atoms with E-state index in [9.17, 15) is 14.4 Å². The number of ketones is 2. The minimum atomic E-state index is -0.133. The van der Waals surface area contributed by atoms with Gasteiger partial charge in [0.1, 0.15) is 0 Å². The molecule has 1 aromatic heterocycles. The first kappa shape index (κ1) is 18.3. The highest BCUT2D eigenvalue weighted by molar-refractivity contribution is 6.26. The van der Waals surface area contributed by atoms with Gasteiger partial charge in [-0.2, -0.15) is 0 Å². The molecule has 4 rings (SSSR count). The Hall–Kier alpha value is -3.08. The molecule has 0 aliphatic heterocycles. The zero-order valence-corrected chi connectivity index (χ0v) is 16.0. The summed E-state index contributed by atoms with van der Waals surface area (Å²) in [6.45, 7) is 4.57. The van der Waals surface area contributed by atoms with Crippen LogP contribution in [0.25, 0.3) is 0 Å². The van der Waals surface area contributed by atoms with Crippen LogP contribution in [-0.4, -0.2) is 29.0 Å². The largest absolute Gasteiger partial charge is 0.352 e. The van der Waals surface area contributed by atoms with Crippen molar-refractivity contribution in [3.8, 4) is 0 Å². The number of Topliss-reactive ketones (excluding diaryl/α,β-unsaturated/α-hetero) is 2. The normalized spacial score (nSPS) is 20.8. The molecule has 5 nitrogen and oxygen atoms in total. The van der Waals surface area contributed by atoms with Gasteiger partial charge in [0.25, 0.3) is 5.91 Å². The molecule has 1 heterocycles. The lowest BCUT2D eigenvalue weighted by Gasteiger charge is -2.18. The number of fused-ring (bicyclic) bond motifs is 1. The first-order valence-electron chi connectivity index (χ1n) is 9.57. The van der Waals surface area contributed by atoms with Crippen LogP contribution in [-0.2, 0) is 6.42 Å². The van der Waals surface area contributed by atoms with E-state index in [-0.39, 0.29) is 23.9 Å². The molecule has 142 valence electrons. The summed E-state index contributed by atoms with van der Waals surface area (Å²) < 4.78 is 0. The molecule has 2 aliphatic rings. The number of hydrogen-bond donors (Lipinski definition) is 1. The molecule has 0 saturated heterocycles. The Bertz CT molecular complexity index is 1000. The van der Waals surface area contributed by atoms with Crippen LogP contribution in [0.1, 0.15) is 57.0 Å². The average molecular weight is 374 g/mol. The molecule has 0 bridgehead atoms. The Kier molecular flexibility index (Phi) is 4.67. The zero-order valence-electron chi connectivity index (χ0n) is 16.0. The Morgan fingerprint density at radius 2 is 1.79 bits per heavy atom. The number of hydrogen-bond acceptors (Lipinski definition) is 4. The molecule has 1 aromatic carbocycles. The van der Waals surface area contributed by atoms with Crippen molar-refractivity contribution >= 4 is 17.5 Å². The van der Waals surface area contributed by atoms with Crippen LogP contribution >= 0.6 is 0 Å².